The van der Waals surface area contributed by atoms with Crippen molar-refractivity contribution in [3.63, 3.8) is 0 Å². The molecule has 1 heterocycles. The third kappa shape index (κ3) is 2.87. The van der Waals surface area contributed by atoms with E-state index < -0.39 is 0 Å². The molecule has 1 atom stereocenters. The normalized spacial score (nSPS) is 12.7. The lowest BCUT2D eigenvalue weighted by atomic mass is 10.0. The Kier molecular flexibility index (Phi) is 4.05. The maximum atomic E-state index is 6.02. The first kappa shape index (κ1) is 13.8. The first-order valence-electron chi connectivity index (χ1n) is 6.89. The fourth-order valence-corrected chi connectivity index (χ4v) is 2.30. The molecule has 2 aromatic rings. The van der Waals surface area contributed by atoms with E-state index in [2.05, 4.69) is 48.5 Å². The largest absolute Gasteiger partial charge is 0.327 e. The predicted molar refractivity (Wildman–Crippen MR) is 79.7 cm³/mol. The molecular formula is C16H23N3. The van der Waals surface area contributed by atoms with Gasteiger partial charge in [-0.1, -0.05) is 19.1 Å². The zero-order valence-corrected chi connectivity index (χ0v) is 12.3. The molecule has 3 heteroatoms. The van der Waals surface area contributed by atoms with Gasteiger partial charge in [0.2, 0.25) is 0 Å². The summed E-state index contributed by atoms with van der Waals surface area (Å²) in [6, 6.07) is 6.83. The Morgan fingerprint density at radius 3 is 2.53 bits per heavy atom. The van der Waals surface area contributed by atoms with Crippen molar-refractivity contribution in [1.82, 2.24) is 9.55 Å². The summed E-state index contributed by atoms with van der Waals surface area (Å²) < 4.78 is 2.15. The van der Waals surface area contributed by atoms with Crippen LogP contribution in [0, 0.1) is 20.8 Å². The van der Waals surface area contributed by atoms with Crippen LogP contribution in [-0.4, -0.2) is 15.6 Å². The van der Waals surface area contributed by atoms with E-state index in [0.717, 1.165) is 18.5 Å². The van der Waals surface area contributed by atoms with E-state index in [1.54, 1.807) is 0 Å². The molecular weight excluding hydrogens is 234 g/mol. The first-order valence-corrected chi connectivity index (χ1v) is 6.89. The Bertz CT molecular complexity index is 569. The van der Waals surface area contributed by atoms with Crippen LogP contribution in [0.1, 0.15) is 35.9 Å². The van der Waals surface area contributed by atoms with Gasteiger partial charge in [-0.05, 0) is 50.8 Å². The second-order valence-corrected chi connectivity index (χ2v) is 5.28. The molecule has 3 nitrogen and oxygen atoms in total. The molecule has 0 aliphatic heterocycles. The molecule has 0 spiro atoms. The van der Waals surface area contributed by atoms with Crippen molar-refractivity contribution in [1.29, 1.82) is 0 Å². The summed E-state index contributed by atoms with van der Waals surface area (Å²) in [5.74, 6) is 0. The maximum absolute atomic E-state index is 6.02. The van der Waals surface area contributed by atoms with Crippen molar-refractivity contribution in [2.24, 2.45) is 5.73 Å². The number of hydrogen-bond donors (Lipinski definition) is 1. The number of nitrogens with zero attached hydrogens (tertiary/aromatic N) is 2. The van der Waals surface area contributed by atoms with Gasteiger partial charge in [0.05, 0.1) is 12.0 Å². The van der Waals surface area contributed by atoms with Crippen molar-refractivity contribution >= 4 is 0 Å². The van der Waals surface area contributed by atoms with Crippen LogP contribution in [0.5, 0.6) is 0 Å². The molecule has 0 amide bonds. The zero-order valence-electron chi connectivity index (χ0n) is 12.3. The smallest absolute Gasteiger partial charge is 0.0997 e. The molecule has 0 radical (unpaired) electrons. The number of hydrogen-bond acceptors (Lipinski definition) is 2. The summed E-state index contributed by atoms with van der Waals surface area (Å²) >= 11 is 0. The quantitative estimate of drug-likeness (QED) is 0.914. The van der Waals surface area contributed by atoms with Crippen LogP contribution in [0.3, 0.4) is 0 Å². The number of rotatable bonds is 4. The summed E-state index contributed by atoms with van der Waals surface area (Å²) in [5.41, 5.74) is 12.1. The van der Waals surface area contributed by atoms with Crippen LogP contribution in [0.4, 0.5) is 0 Å². The average Bonchev–Trinajstić information content (AvgIpc) is 2.70. The van der Waals surface area contributed by atoms with Gasteiger partial charge in [0.1, 0.15) is 0 Å². The molecule has 1 aromatic carbocycles. The van der Waals surface area contributed by atoms with Gasteiger partial charge in [-0.3, -0.25) is 0 Å². The molecule has 0 saturated heterocycles. The summed E-state index contributed by atoms with van der Waals surface area (Å²) in [5, 5.41) is 0. The second-order valence-electron chi connectivity index (χ2n) is 5.28. The number of benzene rings is 1. The van der Waals surface area contributed by atoms with Gasteiger partial charge in [0.15, 0.2) is 0 Å². The van der Waals surface area contributed by atoms with Gasteiger partial charge in [-0.2, -0.15) is 0 Å². The van der Waals surface area contributed by atoms with Crippen molar-refractivity contribution < 1.29 is 0 Å². The molecule has 0 aliphatic rings. The predicted octanol–water partition coefficient (Wildman–Crippen LogP) is 3.08. The molecule has 1 aromatic heterocycles. The highest BCUT2D eigenvalue weighted by Crippen LogP contribution is 2.19. The first-order chi connectivity index (χ1) is 9.02. The Morgan fingerprint density at radius 1 is 1.26 bits per heavy atom. The lowest BCUT2D eigenvalue weighted by Gasteiger charge is -2.13. The molecule has 0 aliphatic carbocycles. The number of aromatic nitrogens is 2. The Labute approximate surface area is 115 Å². The second kappa shape index (κ2) is 5.57. The number of imidazole rings is 1. The highest BCUT2D eigenvalue weighted by molar-refractivity contribution is 5.44. The average molecular weight is 257 g/mol. The van der Waals surface area contributed by atoms with E-state index in [1.165, 1.54) is 22.5 Å². The van der Waals surface area contributed by atoms with E-state index in [4.69, 9.17) is 5.73 Å². The van der Waals surface area contributed by atoms with Crippen molar-refractivity contribution in [3.05, 3.63) is 47.0 Å². The van der Waals surface area contributed by atoms with E-state index in [-0.39, 0.29) is 6.04 Å². The summed E-state index contributed by atoms with van der Waals surface area (Å²) in [6.45, 7) is 8.41. The third-order valence-electron chi connectivity index (χ3n) is 3.79. The lowest BCUT2D eigenvalue weighted by Crippen LogP contribution is -2.21. The molecule has 0 bridgehead atoms. The minimum atomic E-state index is 0.252. The van der Waals surface area contributed by atoms with Crippen molar-refractivity contribution in [2.75, 3.05) is 0 Å². The van der Waals surface area contributed by atoms with Crippen LogP contribution in [0.2, 0.25) is 0 Å². The molecule has 19 heavy (non-hydrogen) atoms. The molecule has 2 rings (SSSR count). The van der Waals surface area contributed by atoms with Crippen molar-refractivity contribution in [2.45, 2.75) is 46.6 Å². The van der Waals surface area contributed by atoms with Gasteiger partial charge >= 0.3 is 0 Å². The van der Waals surface area contributed by atoms with E-state index in [9.17, 15) is 0 Å². The Morgan fingerprint density at radius 2 is 2.00 bits per heavy atom. The third-order valence-corrected chi connectivity index (χ3v) is 3.79. The molecule has 0 saturated carbocycles. The highest BCUT2D eigenvalue weighted by Gasteiger charge is 2.08. The number of aryl methyl sites for hydroxylation is 2. The van der Waals surface area contributed by atoms with Crippen LogP contribution >= 0.6 is 0 Å². The van der Waals surface area contributed by atoms with E-state index >= 15 is 0 Å². The van der Waals surface area contributed by atoms with Gasteiger partial charge in [0.25, 0.3) is 0 Å². The summed E-state index contributed by atoms with van der Waals surface area (Å²) in [6.07, 6.45) is 3.85. The van der Waals surface area contributed by atoms with Gasteiger partial charge in [-0.15, -0.1) is 0 Å². The summed E-state index contributed by atoms with van der Waals surface area (Å²) in [7, 11) is 0. The zero-order chi connectivity index (χ0) is 14.0. The molecule has 0 fully saturated rings. The van der Waals surface area contributed by atoms with E-state index in [0.29, 0.717) is 0 Å². The van der Waals surface area contributed by atoms with Gasteiger partial charge < -0.3 is 10.3 Å². The van der Waals surface area contributed by atoms with Crippen molar-refractivity contribution in [3.8, 4) is 5.69 Å². The SMILES string of the molecule is CCC(N)Cc1ccc(-n2cnc(C)c2C)c(C)c1. The van der Waals surface area contributed by atoms with E-state index in [1.807, 2.05) is 13.3 Å². The molecule has 102 valence electrons. The Hall–Kier alpha value is -1.61. The molecule has 2 N–H and O–H groups in total. The fraction of sp³-hybridized carbons (Fsp3) is 0.438. The minimum absolute atomic E-state index is 0.252. The monoisotopic (exact) mass is 257 g/mol. The number of nitrogens with two attached hydrogens (primary N) is 1. The highest BCUT2D eigenvalue weighted by atomic mass is 15.1. The van der Waals surface area contributed by atoms with Crippen LogP contribution in [-0.2, 0) is 6.42 Å². The summed E-state index contributed by atoms with van der Waals surface area (Å²) in [4.78, 5) is 4.36. The minimum Gasteiger partial charge on any atom is -0.327 e. The van der Waals surface area contributed by atoms with Gasteiger partial charge in [-0.25, -0.2) is 4.98 Å². The molecule has 1 unspecified atom stereocenters. The topological polar surface area (TPSA) is 43.8 Å². The van der Waals surface area contributed by atoms with Crippen LogP contribution in [0.25, 0.3) is 5.69 Å². The lowest BCUT2D eigenvalue weighted by molar-refractivity contribution is 0.646. The fourth-order valence-electron chi connectivity index (χ4n) is 2.30. The van der Waals surface area contributed by atoms with Crippen LogP contribution in [0.15, 0.2) is 24.5 Å². The Balaban J connectivity index is 2.32. The standard InChI is InChI=1S/C16H23N3/c1-5-15(17)9-14-6-7-16(11(2)8-14)19-10-18-12(3)13(19)4/h6-8,10,15H,5,9,17H2,1-4H3. The van der Waals surface area contributed by atoms with Crippen LogP contribution < -0.4 is 5.73 Å². The van der Waals surface area contributed by atoms with Gasteiger partial charge in [0, 0.05) is 17.4 Å². The maximum Gasteiger partial charge on any atom is 0.0997 e.